The van der Waals surface area contributed by atoms with E-state index in [0.29, 0.717) is 0 Å². The van der Waals surface area contributed by atoms with Crippen molar-refractivity contribution in [3.63, 3.8) is 0 Å². The Hall–Kier alpha value is -0.670. The molecule has 0 aromatic carbocycles. The molecule has 0 aliphatic rings. The standard InChI is InChI=1S/C9H9NS2/c11-6-7-3-4-9(12-7)8-2-1-5-10-8/h1-5,10-11H,6H2. The molecule has 0 aliphatic heterocycles. The first-order chi connectivity index (χ1) is 5.90. The highest BCUT2D eigenvalue weighted by Crippen LogP contribution is 2.27. The van der Waals surface area contributed by atoms with Gasteiger partial charge in [-0.25, -0.2) is 0 Å². The summed E-state index contributed by atoms with van der Waals surface area (Å²) in [7, 11) is 0. The van der Waals surface area contributed by atoms with E-state index >= 15 is 0 Å². The Kier molecular flexibility index (Phi) is 2.23. The van der Waals surface area contributed by atoms with Crippen LogP contribution in [0.15, 0.2) is 30.5 Å². The van der Waals surface area contributed by atoms with Gasteiger partial charge in [0, 0.05) is 16.8 Å². The zero-order valence-corrected chi connectivity index (χ0v) is 8.16. The van der Waals surface area contributed by atoms with Crippen LogP contribution in [0.1, 0.15) is 4.88 Å². The maximum atomic E-state index is 4.22. The summed E-state index contributed by atoms with van der Waals surface area (Å²) in [5.74, 6) is 0.825. The lowest BCUT2D eigenvalue weighted by Gasteiger charge is -1.88. The Morgan fingerprint density at radius 2 is 2.25 bits per heavy atom. The summed E-state index contributed by atoms with van der Waals surface area (Å²) >= 11 is 6.00. The van der Waals surface area contributed by atoms with Gasteiger partial charge in [-0.2, -0.15) is 12.6 Å². The molecule has 2 aromatic heterocycles. The van der Waals surface area contributed by atoms with Crippen LogP contribution in [0.25, 0.3) is 10.6 Å². The van der Waals surface area contributed by atoms with E-state index in [1.807, 2.05) is 12.3 Å². The fraction of sp³-hybridized carbons (Fsp3) is 0.111. The third kappa shape index (κ3) is 1.42. The number of thiol groups is 1. The minimum absolute atomic E-state index is 0.825. The molecule has 0 atom stereocenters. The predicted octanol–water partition coefficient (Wildman–Crippen LogP) is 3.17. The van der Waals surface area contributed by atoms with Crippen molar-refractivity contribution in [3.05, 3.63) is 35.3 Å². The van der Waals surface area contributed by atoms with Crippen molar-refractivity contribution in [1.82, 2.24) is 4.98 Å². The molecule has 0 aliphatic carbocycles. The Morgan fingerprint density at radius 3 is 2.83 bits per heavy atom. The first-order valence-electron chi connectivity index (χ1n) is 3.73. The highest BCUT2D eigenvalue weighted by atomic mass is 32.1. The normalized spacial score (nSPS) is 10.4. The summed E-state index contributed by atoms with van der Waals surface area (Å²) in [6.07, 6.45) is 1.94. The van der Waals surface area contributed by atoms with Gasteiger partial charge in [-0.3, -0.25) is 0 Å². The molecule has 0 saturated heterocycles. The second-order valence-corrected chi connectivity index (χ2v) is 3.99. The summed E-state index contributed by atoms with van der Waals surface area (Å²) in [6, 6.07) is 8.33. The molecule has 0 bridgehead atoms. The van der Waals surface area contributed by atoms with Crippen LogP contribution in [0.3, 0.4) is 0 Å². The number of thiophene rings is 1. The molecule has 0 amide bonds. The molecule has 2 aromatic rings. The van der Waals surface area contributed by atoms with Gasteiger partial charge < -0.3 is 4.98 Å². The van der Waals surface area contributed by atoms with Crippen molar-refractivity contribution in [2.24, 2.45) is 0 Å². The smallest absolute Gasteiger partial charge is 0.0555 e. The average molecular weight is 195 g/mol. The second kappa shape index (κ2) is 3.37. The fourth-order valence-electron chi connectivity index (χ4n) is 1.09. The lowest BCUT2D eigenvalue weighted by Crippen LogP contribution is -1.66. The molecule has 62 valence electrons. The van der Waals surface area contributed by atoms with E-state index < -0.39 is 0 Å². The number of aromatic amines is 1. The van der Waals surface area contributed by atoms with Crippen molar-refractivity contribution in [2.45, 2.75) is 5.75 Å². The molecule has 0 unspecified atom stereocenters. The first-order valence-corrected chi connectivity index (χ1v) is 5.18. The Balaban J connectivity index is 2.35. The van der Waals surface area contributed by atoms with Crippen molar-refractivity contribution < 1.29 is 0 Å². The minimum Gasteiger partial charge on any atom is -0.361 e. The molecular formula is C9H9NS2. The summed E-state index contributed by atoms with van der Waals surface area (Å²) in [6.45, 7) is 0. The van der Waals surface area contributed by atoms with Gasteiger partial charge in [0.1, 0.15) is 0 Å². The quantitative estimate of drug-likeness (QED) is 0.685. The topological polar surface area (TPSA) is 15.8 Å². The minimum atomic E-state index is 0.825. The van der Waals surface area contributed by atoms with Gasteiger partial charge >= 0.3 is 0 Å². The van der Waals surface area contributed by atoms with Crippen LogP contribution in [-0.4, -0.2) is 4.98 Å². The highest BCUT2D eigenvalue weighted by molar-refractivity contribution is 7.79. The van der Waals surface area contributed by atoms with Gasteiger partial charge in [0.2, 0.25) is 0 Å². The van der Waals surface area contributed by atoms with E-state index in [1.54, 1.807) is 11.3 Å². The summed E-state index contributed by atoms with van der Waals surface area (Å²) in [4.78, 5) is 5.77. The summed E-state index contributed by atoms with van der Waals surface area (Å²) < 4.78 is 0. The van der Waals surface area contributed by atoms with E-state index in [1.165, 1.54) is 15.4 Å². The molecule has 1 nitrogen and oxygen atoms in total. The van der Waals surface area contributed by atoms with Gasteiger partial charge in [0.05, 0.1) is 10.6 Å². The van der Waals surface area contributed by atoms with Crippen LogP contribution in [0.2, 0.25) is 0 Å². The van der Waals surface area contributed by atoms with Gasteiger partial charge in [0.25, 0.3) is 0 Å². The van der Waals surface area contributed by atoms with E-state index in [-0.39, 0.29) is 0 Å². The average Bonchev–Trinajstić information content (AvgIpc) is 2.75. The first kappa shape index (κ1) is 7.95. The van der Waals surface area contributed by atoms with Crippen molar-refractivity contribution in [2.75, 3.05) is 0 Å². The monoisotopic (exact) mass is 195 g/mol. The zero-order valence-electron chi connectivity index (χ0n) is 6.45. The van der Waals surface area contributed by atoms with Gasteiger partial charge in [-0.15, -0.1) is 11.3 Å². The maximum Gasteiger partial charge on any atom is 0.0555 e. The third-order valence-electron chi connectivity index (χ3n) is 1.68. The Labute approximate surface area is 80.9 Å². The SMILES string of the molecule is SCc1ccc(-c2ccc[nH]2)s1. The third-order valence-corrected chi connectivity index (χ3v) is 3.35. The second-order valence-electron chi connectivity index (χ2n) is 2.51. The van der Waals surface area contributed by atoms with Crippen LogP contribution in [0, 0.1) is 0 Å². The van der Waals surface area contributed by atoms with E-state index in [2.05, 4.69) is 35.8 Å². The number of aromatic nitrogens is 1. The van der Waals surface area contributed by atoms with Crippen LogP contribution in [-0.2, 0) is 5.75 Å². The fourth-order valence-corrected chi connectivity index (χ4v) is 2.25. The largest absolute Gasteiger partial charge is 0.361 e. The van der Waals surface area contributed by atoms with Crippen LogP contribution in [0.4, 0.5) is 0 Å². The Morgan fingerprint density at radius 1 is 1.33 bits per heavy atom. The van der Waals surface area contributed by atoms with Crippen LogP contribution < -0.4 is 0 Å². The molecular weight excluding hydrogens is 186 g/mol. The van der Waals surface area contributed by atoms with Gasteiger partial charge in [-0.05, 0) is 24.3 Å². The molecule has 0 fully saturated rings. The van der Waals surface area contributed by atoms with Crippen molar-refractivity contribution in [1.29, 1.82) is 0 Å². The van der Waals surface area contributed by atoms with E-state index in [4.69, 9.17) is 0 Å². The molecule has 3 heteroatoms. The summed E-state index contributed by atoms with van der Waals surface area (Å²) in [5.41, 5.74) is 1.19. The van der Waals surface area contributed by atoms with Gasteiger partial charge in [-0.1, -0.05) is 0 Å². The summed E-state index contributed by atoms with van der Waals surface area (Å²) in [5, 5.41) is 0. The van der Waals surface area contributed by atoms with E-state index in [9.17, 15) is 0 Å². The number of nitrogens with one attached hydrogen (secondary N) is 1. The maximum absolute atomic E-state index is 4.22. The van der Waals surface area contributed by atoms with E-state index in [0.717, 1.165) is 5.75 Å². The molecule has 2 heterocycles. The van der Waals surface area contributed by atoms with Crippen LogP contribution >= 0.6 is 24.0 Å². The molecule has 0 spiro atoms. The number of rotatable bonds is 2. The Bertz CT molecular complexity index is 348. The lowest BCUT2D eigenvalue weighted by atomic mass is 10.3. The van der Waals surface area contributed by atoms with Gasteiger partial charge in [0.15, 0.2) is 0 Å². The predicted molar refractivity (Wildman–Crippen MR) is 56.8 cm³/mol. The lowest BCUT2D eigenvalue weighted by molar-refractivity contribution is 1.42. The molecule has 0 radical (unpaired) electrons. The zero-order chi connectivity index (χ0) is 8.39. The van der Waals surface area contributed by atoms with Crippen molar-refractivity contribution in [3.8, 4) is 10.6 Å². The van der Waals surface area contributed by atoms with Crippen LogP contribution in [0.5, 0.6) is 0 Å². The highest BCUT2D eigenvalue weighted by Gasteiger charge is 2.00. The molecule has 1 N–H and O–H groups in total. The molecule has 2 rings (SSSR count). The number of H-pyrrole nitrogens is 1. The van der Waals surface area contributed by atoms with Crippen molar-refractivity contribution >= 4 is 24.0 Å². The molecule has 12 heavy (non-hydrogen) atoms. The number of hydrogen-bond donors (Lipinski definition) is 2. The molecule has 0 saturated carbocycles. The number of hydrogen-bond acceptors (Lipinski definition) is 2.